The molecule has 6 aliphatic rings. The maximum absolute atomic E-state index is 6.58. The Morgan fingerprint density at radius 3 is 2.16 bits per heavy atom. The van der Waals surface area contributed by atoms with Crippen molar-refractivity contribution in [3.63, 3.8) is 0 Å². The van der Waals surface area contributed by atoms with Gasteiger partial charge in [-0.2, -0.15) is 0 Å². The highest BCUT2D eigenvalue weighted by atomic mass is 16.3. The molecule has 0 fully saturated rings. The predicted molar refractivity (Wildman–Crippen MR) is 222 cm³/mol. The van der Waals surface area contributed by atoms with Gasteiger partial charge < -0.3 is 19.1 Å². The minimum atomic E-state index is -0.318. The molecular formula is C49H35N5O. The molecule has 3 atom stereocenters. The molecule has 6 aromatic carbocycles. The molecule has 0 aliphatic carbocycles. The number of para-hydroxylation sites is 4. The summed E-state index contributed by atoms with van der Waals surface area (Å²) in [6, 6.07) is 56.0. The fraction of sp³-hybridized carbons (Fsp3) is 0.122. The summed E-state index contributed by atoms with van der Waals surface area (Å²) in [5.41, 5.74) is 16.6. The van der Waals surface area contributed by atoms with E-state index < -0.39 is 0 Å². The first kappa shape index (κ1) is 29.6. The minimum absolute atomic E-state index is 0.133. The quantitative estimate of drug-likeness (QED) is 0.178. The van der Waals surface area contributed by atoms with Crippen molar-refractivity contribution in [2.45, 2.75) is 37.5 Å². The molecule has 6 heteroatoms. The number of furan rings is 1. The van der Waals surface area contributed by atoms with Gasteiger partial charge in [0.1, 0.15) is 23.5 Å². The van der Waals surface area contributed by atoms with Crippen LogP contribution in [0.1, 0.15) is 30.0 Å². The third kappa shape index (κ3) is 3.62. The molecule has 8 heterocycles. The van der Waals surface area contributed by atoms with E-state index in [-0.39, 0.29) is 17.7 Å². The van der Waals surface area contributed by atoms with Crippen molar-refractivity contribution < 1.29 is 4.42 Å². The molecular weight excluding hydrogens is 675 g/mol. The largest absolute Gasteiger partial charge is 0.456 e. The van der Waals surface area contributed by atoms with E-state index in [1.807, 2.05) is 6.20 Å². The number of hydrogen-bond acceptors (Lipinski definition) is 6. The maximum atomic E-state index is 6.58. The van der Waals surface area contributed by atoms with Crippen molar-refractivity contribution in [2.24, 2.45) is 0 Å². The first-order chi connectivity index (χ1) is 27.2. The van der Waals surface area contributed by atoms with Gasteiger partial charge in [0.05, 0.1) is 22.7 Å². The summed E-state index contributed by atoms with van der Waals surface area (Å²) < 4.78 is 6.58. The fourth-order valence-electron chi connectivity index (χ4n) is 10.8. The number of benzene rings is 6. The van der Waals surface area contributed by atoms with E-state index in [0.29, 0.717) is 0 Å². The summed E-state index contributed by atoms with van der Waals surface area (Å²) >= 11 is 0. The second-order valence-corrected chi connectivity index (χ2v) is 15.5. The highest BCUT2D eigenvalue weighted by molar-refractivity contribution is 6.13. The van der Waals surface area contributed by atoms with Gasteiger partial charge in [0.2, 0.25) is 0 Å². The van der Waals surface area contributed by atoms with E-state index in [2.05, 4.69) is 178 Å². The number of rotatable bonds is 2. The average molecular weight is 710 g/mol. The predicted octanol–water partition coefficient (Wildman–Crippen LogP) is 11.9. The average Bonchev–Trinajstić information content (AvgIpc) is 3.97. The van der Waals surface area contributed by atoms with Crippen LogP contribution in [0.25, 0.3) is 27.5 Å². The molecule has 4 bridgehead atoms. The molecule has 0 saturated carbocycles. The summed E-state index contributed by atoms with van der Waals surface area (Å²) in [5.74, 6) is 0.998. The Morgan fingerprint density at radius 2 is 1.29 bits per heavy atom. The molecule has 14 rings (SSSR count). The van der Waals surface area contributed by atoms with Gasteiger partial charge in [-0.1, -0.05) is 91.9 Å². The van der Waals surface area contributed by atoms with Crippen LogP contribution < -0.4 is 19.6 Å². The van der Waals surface area contributed by atoms with E-state index in [0.717, 1.165) is 57.7 Å². The molecule has 55 heavy (non-hydrogen) atoms. The third-order valence-corrected chi connectivity index (χ3v) is 13.0. The second kappa shape index (κ2) is 10.5. The Morgan fingerprint density at radius 1 is 0.582 bits per heavy atom. The molecule has 0 radical (unpaired) electrons. The van der Waals surface area contributed by atoms with Gasteiger partial charge in [-0.15, -0.1) is 0 Å². The van der Waals surface area contributed by atoms with Crippen LogP contribution in [-0.2, 0) is 11.8 Å². The summed E-state index contributed by atoms with van der Waals surface area (Å²) in [6.45, 7) is 2.40. The van der Waals surface area contributed by atoms with Gasteiger partial charge in [-0.25, -0.2) is 4.98 Å². The minimum Gasteiger partial charge on any atom is -0.456 e. The zero-order valence-corrected chi connectivity index (χ0v) is 30.2. The first-order valence-corrected chi connectivity index (χ1v) is 19.4. The van der Waals surface area contributed by atoms with E-state index >= 15 is 0 Å². The Balaban J connectivity index is 1.19. The number of fused-ring (bicyclic) bond motifs is 14. The van der Waals surface area contributed by atoms with Crippen LogP contribution >= 0.6 is 0 Å². The maximum Gasteiger partial charge on any atom is 0.159 e. The Kier molecular flexibility index (Phi) is 5.63. The van der Waals surface area contributed by atoms with Crippen molar-refractivity contribution in [1.29, 1.82) is 0 Å². The lowest BCUT2D eigenvalue weighted by atomic mass is 9.62. The molecule has 8 aromatic rings. The van der Waals surface area contributed by atoms with Crippen LogP contribution in [0, 0.1) is 0 Å². The lowest BCUT2D eigenvalue weighted by Crippen LogP contribution is -2.53. The van der Waals surface area contributed by atoms with Crippen LogP contribution in [-0.4, -0.2) is 17.3 Å². The molecule has 3 unspecified atom stereocenters. The highest BCUT2D eigenvalue weighted by Crippen LogP contribution is 2.65. The zero-order valence-electron chi connectivity index (χ0n) is 30.2. The van der Waals surface area contributed by atoms with Gasteiger partial charge in [0.25, 0.3) is 0 Å². The Bertz CT molecular complexity index is 2950. The van der Waals surface area contributed by atoms with Gasteiger partial charge in [-0.05, 0) is 90.2 Å². The number of pyridine rings is 1. The molecule has 6 aliphatic heterocycles. The summed E-state index contributed by atoms with van der Waals surface area (Å²) in [7, 11) is 0. The monoisotopic (exact) mass is 709 g/mol. The van der Waals surface area contributed by atoms with Crippen molar-refractivity contribution in [2.75, 3.05) is 19.6 Å². The van der Waals surface area contributed by atoms with Crippen LogP contribution in [0.2, 0.25) is 0 Å². The van der Waals surface area contributed by atoms with E-state index in [9.17, 15) is 0 Å². The zero-order chi connectivity index (χ0) is 36.0. The molecule has 6 nitrogen and oxygen atoms in total. The smallest absolute Gasteiger partial charge is 0.159 e. The highest BCUT2D eigenvalue weighted by Gasteiger charge is 2.58. The van der Waals surface area contributed by atoms with Crippen LogP contribution in [0.5, 0.6) is 0 Å². The van der Waals surface area contributed by atoms with Crippen molar-refractivity contribution >= 4 is 73.1 Å². The van der Waals surface area contributed by atoms with E-state index in [1.54, 1.807) is 0 Å². The first-order valence-electron chi connectivity index (χ1n) is 19.4. The van der Waals surface area contributed by atoms with Gasteiger partial charge in [0.15, 0.2) is 5.82 Å². The third-order valence-electron chi connectivity index (χ3n) is 13.0. The van der Waals surface area contributed by atoms with E-state index in [4.69, 9.17) is 9.40 Å². The normalized spacial score (nSPS) is 22.3. The number of nitrogens with zero attached hydrogens (tertiary/aromatic N) is 5. The van der Waals surface area contributed by atoms with Crippen LogP contribution in [0.3, 0.4) is 0 Å². The molecule has 2 aromatic heterocycles. The number of aromatic nitrogens is 1. The number of hydrogen-bond donors (Lipinski definition) is 0. The second-order valence-electron chi connectivity index (χ2n) is 15.5. The van der Waals surface area contributed by atoms with Crippen LogP contribution in [0.15, 0.2) is 168 Å². The topological polar surface area (TPSA) is 39.0 Å². The lowest BCUT2D eigenvalue weighted by Gasteiger charge is -2.51. The Labute approximate surface area is 318 Å². The lowest BCUT2D eigenvalue weighted by molar-refractivity contribution is 0.436. The van der Waals surface area contributed by atoms with Crippen molar-refractivity contribution in [1.82, 2.24) is 4.98 Å². The molecule has 0 spiro atoms. The van der Waals surface area contributed by atoms with Crippen molar-refractivity contribution in [3.05, 3.63) is 180 Å². The number of anilines is 8. The molecule has 262 valence electrons. The summed E-state index contributed by atoms with van der Waals surface area (Å²) in [4.78, 5) is 15.5. The fourth-order valence-corrected chi connectivity index (χ4v) is 10.8. The summed E-state index contributed by atoms with van der Waals surface area (Å²) in [5, 5.41) is 2.27. The van der Waals surface area contributed by atoms with Gasteiger partial charge >= 0.3 is 0 Å². The molecule has 0 N–H and O–H groups in total. The Hall–Kier alpha value is -6.79. The van der Waals surface area contributed by atoms with Crippen LogP contribution in [0.4, 0.5) is 45.6 Å². The SMILES string of the molecule is CCC12Cc3ccc(cc3)N3c4cccnc4N(c4ccccc41)C3C2=C1c2ccccc2N2c3cc4oc5ccccc5c4cc3N(c3ccccc3)C12. The van der Waals surface area contributed by atoms with E-state index in [1.165, 1.54) is 50.6 Å². The summed E-state index contributed by atoms with van der Waals surface area (Å²) in [6.07, 6.45) is 3.51. The van der Waals surface area contributed by atoms with Gasteiger partial charge in [0, 0.05) is 56.6 Å². The molecule has 0 amide bonds. The van der Waals surface area contributed by atoms with Gasteiger partial charge in [-0.3, -0.25) is 4.90 Å². The molecule has 0 saturated heterocycles. The van der Waals surface area contributed by atoms with Crippen molar-refractivity contribution in [3.8, 4) is 0 Å². The standard InChI is InChI=1S/C49H35N5O/c1-2-49-29-30-22-24-32(25-23-30)51-39-20-12-26-50-46(39)54(38-19-10-8-17-36(38)49)48(51)45(49)44-34-16-6-9-18-37(34)53-41-28-43-35(33-15-7-11-21-42(33)55-43)27-40(41)52(47(44)53)31-13-4-3-5-14-31/h3-28,47-48H,2,29H2,1H3.